The molecule has 1 N–H and O–H groups in total. The second-order valence-electron chi connectivity index (χ2n) is 6.03. The van der Waals surface area contributed by atoms with Crippen molar-refractivity contribution in [3.63, 3.8) is 0 Å². The Balaban J connectivity index is 1.56. The number of rotatable bonds is 4. The standard InChI is InChI=1S/C16H17N7O/c1-22-9-13(8-18-22)11-5-12(7-17-6-11)15(24)19-16-21-20-14(23(16)2)10-3-4-10/h5-10H,3-4H2,1-2H3,(H,19,21,24). The number of nitrogens with one attached hydrogen (secondary N) is 1. The summed E-state index contributed by atoms with van der Waals surface area (Å²) in [5, 5.41) is 15.2. The summed E-state index contributed by atoms with van der Waals surface area (Å²) in [7, 11) is 3.71. The molecule has 1 aliphatic rings. The predicted octanol–water partition coefficient (Wildman–Crippen LogP) is 1.74. The van der Waals surface area contributed by atoms with Crippen molar-refractivity contribution < 1.29 is 4.79 Å². The molecule has 24 heavy (non-hydrogen) atoms. The van der Waals surface area contributed by atoms with Gasteiger partial charge in [-0.3, -0.25) is 24.3 Å². The molecule has 3 aromatic rings. The van der Waals surface area contributed by atoms with Crippen molar-refractivity contribution in [2.45, 2.75) is 18.8 Å². The summed E-state index contributed by atoms with van der Waals surface area (Å²) in [6, 6.07) is 1.79. The Bertz CT molecular complexity index is 907. The number of nitrogens with zero attached hydrogens (tertiary/aromatic N) is 6. The van der Waals surface area contributed by atoms with Gasteiger partial charge < -0.3 is 0 Å². The summed E-state index contributed by atoms with van der Waals surface area (Å²) in [5.41, 5.74) is 2.22. The van der Waals surface area contributed by atoms with E-state index < -0.39 is 0 Å². The normalized spacial score (nSPS) is 13.9. The fourth-order valence-electron chi connectivity index (χ4n) is 2.61. The predicted molar refractivity (Wildman–Crippen MR) is 87.4 cm³/mol. The molecule has 0 bridgehead atoms. The van der Waals surface area contributed by atoms with Gasteiger partial charge >= 0.3 is 0 Å². The zero-order chi connectivity index (χ0) is 16.7. The molecule has 1 aliphatic carbocycles. The fourth-order valence-corrected chi connectivity index (χ4v) is 2.61. The van der Waals surface area contributed by atoms with E-state index in [2.05, 4.69) is 25.6 Å². The van der Waals surface area contributed by atoms with Gasteiger partial charge in [0.1, 0.15) is 5.82 Å². The van der Waals surface area contributed by atoms with Crippen molar-refractivity contribution in [1.29, 1.82) is 0 Å². The molecule has 0 saturated heterocycles. The Kier molecular flexibility index (Phi) is 3.37. The summed E-state index contributed by atoms with van der Waals surface area (Å²) >= 11 is 0. The lowest BCUT2D eigenvalue weighted by atomic mass is 10.1. The Labute approximate surface area is 138 Å². The van der Waals surface area contributed by atoms with Crippen molar-refractivity contribution >= 4 is 11.9 Å². The zero-order valence-electron chi connectivity index (χ0n) is 13.5. The van der Waals surface area contributed by atoms with Gasteiger partial charge in [-0.2, -0.15) is 5.10 Å². The van der Waals surface area contributed by atoms with Gasteiger partial charge in [0, 0.05) is 49.7 Å². The number of carbonyl (C=O) groups excluding carboxylic acids is 1. The third kappa shape index (κ3) is 2.66. The highest BCUT2D eigenvalue weighted by Crippen LogP contribution is 2.39. The number of aromatic nitrogens is 6. The van der Waals surface area contributed by atoms with E-state index in [1.165, 1.54) is 6.20 Å². The summed E-state index contributed by atoms with van der Waals surface area (Å²) < 4.78 is 3.55. The zero-order valence-corrected chi connectivity index (χ0v) is 13.5. The first kappa shape index (κ1) is 14.6. The maximum atomic E-state index is 12.5. The van der Waals surface area contributed by atoms with Gasteiger partial charge in [0.15, 0.2) is 0 Å². The molecule has 8 heteroatoms. The number of aryl methyl sites for hydroxylation is 1. The first-order valence-corrected chi connectivity index (χ1v) is 7.76. The molecule has 0 unspecified atom stereocenters. The Morgan fingerprint density at radius 2 is 2.00 bits per heavy atom. The van der Waals surface area contributed by atoms with Crippen LogP contribution in [0.15, 0.2) is 30.9 Å². The highest BCUT2D eigenvalue weighted by molar-refractivity contribution is 6.03. The topological polar surface area (TPSA) is 90.5 Å². The molecule has 1 amide bonds. The van der Waals surface area contributed by atoms with Gasteiger partial charge in [0.05, 0.1) is 11.8 Å². The summed E-state index contributed by atoms with van der Waals surface area (Å²) in [5.74, 6) is 1.59. The van der Waals surface area contributed by atoms with Crippen molar-refractivity contribution in [3.05, 3.63) is 42.2 Å². The average Bonchev–Trinajstić information content (AvgIpc) is 3.24. The highest BCUT2D eigenvalue weighted by Gasteiger charge is 2.29. The number of hydrogen-bond donors (Lipinski definition) is 1. The monoisotopic (exact) mass is 323 g/mol. The van der Waals surface area contributed by atoms with Crippen LogP contribution < -0.4 is 5.32 Å². The minimum Gasteiger partial charge on any atom is -0.300 e. The van der Waals surface area contributed by atoms with Crippen molar-refractivity contribution in [1.82, 2.24) is 29.5 Å². The minimum atomic E-state index is -0.258. The van der Waals surface area contributed by atoms with E-state index in [-0.39, 0.29) is 5.91 Å². The molecule has 1 saturated carbocycles. The van der Waals surface area contributed by atoms with Crippen LogP contribution in [-0.2, 0) is 14.1 Å². The van der Waals surface area contributed by atoms with E-state index in [1.54, 1.807) is 23.1 Å². The second-order valence-corrected chi connectivity index (χ2v) is 6.03. The summed E-state index contributed by atoms with van der Waals surface area (Å²) in [6.07, 6.45) is 9.13. The minimum absolute atomic E-state index is 0.258. The largest absolute Gasteiger partial charge is 0.300 e. The average molecular weight is 323 g/mol. The number of hydrogen-bond acceptors (Lipinski definition) is 5. The van der Waals surface area contributed by atoms with E-state index in [0.29, 0.717) is 17.4 Å². The Hall–Kier alpha value is -3.03. The first-order valence-electron chi connectivity index (χ1n) is 7.76. The molecule has 8 nitrogen and oxygen atoms in total. The third-order valence-electron chi connectivity index (χ3n) is 4.12. The molecule has 0 aromatic carbocycles. The second kappa shape index (κ2) is 5.55. The highest BCUT2D eigenvalue weighted by atomic mass is 16.1. The van der Waals surface area contributed by atoms with Crippen LogP contribution in [0.3, 0.4) is 0 Å². The van der Waals surface area contributed by atoms with Crippen molar-refractivity contribution in [2.24, 2.45) is 14.1 Å². The molecule has 122 valence electrons. The van der Waals surface area contributed by atoms with E-state index in [1.807, 2.05) is 24.9 Å². The molecule has 1 fully saturated rings. The van der Waals surface area contributed by atoms with Crippen LogP contribution in [-0.4, -0.2) is 35.4 Å². The third-order valence-corrected chi connectivity index (χ3v) is 4.12. The van der Waals surface area contributed by atoms with Gasteiger partial charge in [0.25, 0.3) is 5.91 Å². The number of carbonyl (C=O) groups is 1. The van der Waals surface area contributed by atoms with E-state index >= 15 is 0 Å². The molecule has 0 radical (unpaired) electrons. The molecule has 0 aliphatic heterocycles. The van der Waals surface area contributed by atoms with E-state index in [0.717, 1.165) is 29.8 Å². The van der Waals surface area contributed by atoms with Crippen LogP contribution in [0.2, 0.25) is 0 Å². The smallest absolute Gasteiger partial charge is 0.259 e. The molecular weight excluding hydrogens is 306 g/mol. The van der Waals surface area contributed by atoms with Crippen LogP contribution in [0.1, 0.15) is 34.9 Å². The van der Waals surface area contributed by atoms with Gasteiger partial charge in [-0.1, -0.05) is 0 Å². The number of pyridine rings is 1. The van der Waals surface area contributed by atoms with E-state index in [4.69, 9.17) is 0 Å². The van der Waals surface area contributed by atoms with Crippen LogP contribution in [0, 0.1) is 0 Å². The Morgan fingerprint density at radius 1 is 1.17 bits per heavy atom. The number of anilines is 1. The molecule has 3 heterocycles. The van der Waals surface area contributed by atoms with Gasteiger partial charge in [-0.05, 0) is 18.9 Å². The van der Waals surface area contributed by atoms with Crippen molar-refractivity contribution in [3.8, 4) is 11.1 Å². The lowest BCUT2D eigenvalue weighted by Crippen LogP contribution is -2.15. The van der Waals surface area contributed by atoms with Crippen LogP contribution in [0.4, 0.5) is 5.95 Å². The Morgan fingerprint density at radius 3 is 2.71 bits per heavy atom. The van der Waals surface area contributed by atoms with Crippen LogP contribution in [0.5, 0.6) is 0 Å². The quantitative estimate of drug-likeness (QED) is 0.790. The maximum absolute atomic E-state index is 12.5. The lowest BCUT2D eigenvalue weighted by molar-refractivity contribution is 0.102. The molecule has 0 spiro atoms. The van der Waals surface area contributed by atoms with Gasteiger partial charge in [-0.25, -0.2) is 0 Å². The van der Waals surface area contributed by atoms with Crippen LogP contribution in [0.25, 0.3) is 11.1 Å². The molecule has 3 aromatic heterocycles. The maximum Gasteiger partial charge on any atom is 0.259 e. The van der Waals surface area contributed by atoms with E-state index in [9.17, 15) is 4.79 Å². The first-order chi connectivity index (χ1) is 11.6. The number of amides is 1. The van der Waals surface area contributed by atoms with Crippen molar-refractivity contribution in [2.75, 3.05) is 5.32 Å². The summed E-state index contributed by atoms with van der Waals surface area (Å²) in [4.78, 5) is 16.7. The van der Waals surface area contributed by atoms with Gasteiger partial charge in [0.2, 0.25) is 5.95 Å². The van der Waals surface area contributed by atoms with Crippen LogP contribution >= 0.6 is 0 Å². The fraction of sp³-hybridized carbons (Fsp3) is 0.312. The molecular formula is C16H17N7O. The summed E-state index contributed by atoms with van der Waals surface area (Å²) in [6.45, 7) is 0. The molecule has 0 atom stereocenters. The van der Waals surface area contributed by atoms with Gasteiger partial charge in [-0.15, -0.1) is 10.2 Å². The SMILES string of the molecule is Cn1cc(-c2cncc(C(=O)Nc3nnc(C4CC4)n3C)c2)cn1. The lowest BCUT2D eigenvalue weighted by Gasteiger charge is -2.06. The molecule has 4 rings (SSSR count).